The highest BCUT2D eigenvalue weighted by atomic mass is 79.9. The Morgan fingerprint density at radius 3 is 2.64 bits per heavy atom. The molecular weight excluding hydrogens is 342 g/mol. The molecule has 0 bridgehead atoms. The third kappa shape index (κ3) is 3.65. The molecule has 0 aliphatic carbocycles. The quantitative estimate of drug-likeness (QED) is 0.897. The van der Waals surface area contributed by atoms with Crippen LogP contribution in [-0.4, -0.2) is 24.0 Å². The highest BCUT2D eigenvalue weighted by Gasteiger charge is 2.12. The number of amides is 1. The van der Waals surface area contributed by atoms with Crippen LogP contribution < -0.4 is 10.2 Å². The van der Waals surface area contributed by atoms with E-state index in [1.54, 1.807) is 18.3 Å². The van der Waals surface area contributed by atoms with Crippen molar-refractivity contribution in [1.29, 1.82) is 0 Å². The normalized spacial score (nSPS) is 14.7. The average Bonchev–Trinajstić information content (AvgIpc) is 2.56. The van der Waals surface area contributed by atoms with Crippen molar-refractivity contribution in [2.45, 2.75) is 19.3 Å². The van der Waals surface area contributed by atoms with Gasteiger partial charge in [-0.25, -0.2) is 4.98 Å². The molecule has 5 heteroatoms. The fourth-order valence-electron chi connectivity index (χ4n) is 2.60. The molecule has 1 aliphatic heterocycles. The standard InChI is InChI=1S/C17H18BrN3O/c18-14-6-4-5-13(11-14)17(22)20-15-7-8-16(19-12-15)21-9-2-1-3-10-21/h4-8,11-12H,1-3,9-10H2,(H,20,22). The summed E-state index contributed by atoms with van der Waals surface area (Å²) >= 11 is 3.37. The smallest absolute Gasteiger partial charge is 0.255 e. The van der Waals surface area contributed by atoms with Gasteiger partial charge in [-0.05, 0) is 49.6 Å². The van der Waals surface area contributed by atoms with Gasteiger partial charge >= 0.3 is 0 Å². The Kier molecular flexibility index (Phi) is 4.73. The number of hydrogen-bond donors (Lipinski definition) is 1. The van der Waals surface area contributed by atoms with Gasteiger partial charge in [0, 0.05) is 23.1 Å². The van der Waals surface area contributed by atoms with Crippen molar-refractivity contribution in [3.05, 3.63) is 52.6 Å². The molecule has 0 unspecified atom stereocenters. The Hall–Kier alpha value is -1.88. The lowest BCUT2D eigenvalue weighted by atomic mass is 10.1. The molecule has 3 rings (SSSR count). The zero-order chi connectivity index (χ0) is 15.4. The SMILES string of the molecule is O=C(Nc1ccc(N2CCCCC2)nc1)c1cccc(Br)c1. The first-order chi connectivity index (χ1) is 10.7. The summed E-state index contributed by atoms with van der Waals surface area (Å²) in [7, 11) is 0. The third-order valence-corrected chi connectivity index (χ3v) is 4.27. The van der Waals surface area contributed by atoms with Crippen molar-refractivity contribution in [2.24, 2.45) is 0 Å². The number of anilines is 2. The van der Waals surface area contributed by atoms with E-state index in [1.165, 1.54) is 19.3 Å². The van der Waals surface area contributed by atoms with Crippen molar-refractivity contribution in [2.75, 3.05) is 23.3 Å². The van der Waals surface area contributed by atoms with Gasteiger partial charge in [-0.3, -0.25) is 4.79 Å². The highest BCUT2D eigenvalue weighted by molar-refractivity contribution is 9.10. The van der Waals surface area contributed by atoms with Gasteiger partial charge in [-0.1, -0.05) is 22.0 Å². The van der Waals surface area contributed by atoms with Gasteiger partial charge in [0.2, 0.25) is 0 Å². The Labute approximate surface area is 138 Å². The maximum absolute atomic E-state index is 12.2. The monoisotopic (exact) mass is 359 g/mol. The van der Waals surface area contributed by atoms with E-state index in [2.05, 4.69) is 31.1 Å². The first kappa shape index (κ1) is 15.0. The van der Waals surface area contributed by atoms with Gasteiger partial charge in [0.15, 0.2) is 0 Å². The van der Waals surface area contributed by atoms with Gasteiger partial charge < -0.3 is 10.2 Å². The van der Waals surface area contributed by atoms with E-state index in [4.69, 9.17) is 0 Å². The second-order valence-electron chi connectivity index (χ2n) is 5.42. The zero-order valence-corrected chi connectivity index (χ0v) is 13.8. The summed E-state index contributed by atoms with van der Waals surface area (Å²) in [6.07, 6.45) is 5.48. The van der Waals surface area contributed by atoms with E-state index in [9.17, 15) is 4.79 Å². The van der Waals surface area contributed by atoms with Crippen LogP contribution in [0.25, 0.3) is 0 Å². The summed E-state index contributed by atoms with van der Waals surface area (Å²) in [5, 5.41) is 2.87. The lowest BCUT2D eigenvalue weighted by Crippen LogP contribution is -2.30. The number of rotatable bonds is 3. The van der Waals surface area contributed by atoms with Crippen LogP contribution in [-0.2, 0) is 0 Å². The molecule has 4 nitrogen and oxygen atoms in total. The molecule has 1 amide bonds. The highest BCUT2D eigenvalue weighted by Crippen LogP contribution is 2.19. The molecular formula is C17H18BrN3O. The molecule has 1 saturated heterocycles. The van der Waals surface area contributed by atoms with Crippen molar-refractivity contribution in [3.8, 4) is 0 Å². The van der Waals surface area contributed by atoms with Crippen LogP contribution in [0.5, 0.6) is 0 Å². The van der Waals surface area contributed by atoms with Crippen LogP contribution in [0.3, 0.4) is 0 Å². The lowest BCUT2D eigenvalue weighted by Gasteiger charge is -2.27. The molecule has 22 heavy (non-hydrogen) atoms. The minimum Gasteiger partial charge on any atom is -0.357 e. The topological polar surface area (TPSA) is 45.2 Å². The minimum atomic E-state index is -0.131. The van der Waals surface area contributed by atoms with Crippen molar-refractivity contribution in [3.63, 3.8) is 0 Å². The molecule has 0 atom stereocenters. The van der Waals surface area contributed by atoms with Crippen molar-refractivity contribution in [1.82, 2.24) is 4.98 Å². The van der Waals surface area contributed by atoms with Crippen LogP contribution in [0.4, 0.5) is 11.5 Å². The van der Waals surface area contributed by atoms with Gasteiger partial charge in [0.25, 0.3) is 5.91 Å². The van der Waals surface area contributed by atoms with E-state index in [-0.39, 0.29) is 5.91 Å². The number of halogens is 1. The van der Waals surface area contributed by atoms with E-state index >= 15 is 0 Å². The summed E-state index contributed by atoms with van der Waals surface area (Å²) in [6, 6.07) is 11.2. The number of pyridine rings is 1. The molecule has 2 heterocycles. The van der Waals surface area contributed by atoms with Crippen LogP contribution in [0.1, 0.15) is 29.6 Å². The fraction of sp³-hybridized carbons (Fsp3) is 0.294. The maximum Gasteiger partial charge on any atom is 0.255 e. The van der Waals surface area contributed by atoms with Crippen LogP contribution in [0.2, 0.25) is 0 Å². The minimum absolute atomic E-state index is 0.131. The van der Waals surface area contributed by atoms with Gasteiger partial charge in [-0.2, -0.15) is 0 Å². The van der Waals surface area contributed by atoms with Crippen molar-refractivity contribution >= 4 is 33.3 Å². The summed E-state index contributed by atoms with van der Waals surface area (Å²) in [6.45, 7) is 2.13. The Balaban J connectivity index is 1.66. The number of hydrogen-bond acceptors (Lipinski definition) is 3. The molecule has 1 N–H and O–H groups in total. The largest absolute Gasteiger partial charge is 0.357 e. The third-order valence-electron chi connectivity index (χ3n) is 3.77. The number of nitrogens with zero attached hydrogens (tertiary/aromatic N) is 2. The first-order valence-corrected chi connectivity index (χ1v) is 8.29. The predicted octanol–water partition coefficient (Wildman–Crippen LogP) is 4.09. The number of benzene rings is 1. The van der Waals surface area contributed by atoms with Gasteiger partial charge in [0.05, 0.1) is 11.9 Å². The summed E-state index contributed by atoms with van der Waals surface area (Å²) < 4.78 is 0.888. The van der Waals surface area contributed by atoms with Crippen LogP contribution in [0.15, 0.2) is 47.1 Å². The molecule has 0 radical (unpaired) electrons. The van der Waals surface area contributed by atoms with Gasteiger partial charge in [0.1, 0.15) is 5.82 Å². The Morgan fingerprint density at radius 1 is 1.14 bits per heavy atom. The van der Waals surface area contributed by atoms with E-state index in [0.29, 0.717) is 11.3 Å². The number of aromatic nitrogens is 1. The molecule has 114 valence electrons. The molecule has 0 spiro atoms. The van der Waals surface area contributed by atoms with E-state index in [0.717, 1.165) is 23.4 Å². The molecule has 1 fully saturated rings. The van der Waals surface area contributed by atoms with Crippen LogP contribution in [0, 0.1) is 0 Å². The summed E-state index contributed by atoms with van der Waals surface area (Å²) in [5.74, 6) is 0.856. The predicted molar refractivity (Wildman–Crippen MR) is 92.4 cm³/mol. The molecule has 1 aliphatic rings. The summed E-state index contributed by atoms with van der Waals surface area (Å²) in [5.41, 5.74) is 1.33. The molecule has 0 saturated carbocycles. The number of piperidine rings is 1. The Morgan fingerprint density at radius 2 is 1.95 bits per heavy atom. The maximum atomic E-state index is 12.2. The lowest BCUT2D eigenvalue weighted by molar-refractivity contribution is 0.102. The zero-order valence-electron chi connectivity index (χ0n) is 12.3. The van der Waals surface area contributed by atoms with E-state index < -0.39 is 0 Å². The molecule has 1 aromatic carbocycles. The van der Waals surface area contributed by atoms with Crippen LogP contribution >= 0.6 is 15.9 Å². The first-order valence-electron chi connectivity index (χ1n) is 7.50. The van der Waals surface area contributed by atoms with E-state index in [1.807, 2.05) is 24.3 Å². The number of carbonyl (C=O) groups is 1. The number of nitrogens with one attached hydrogen (secondary N) is 1. The molecule has 2 aromatic rings. The van der Waals surface area contributed by atoms with Gasteiger partial charge in [-0.15, -0.1) is 0 Å². The van der Waals surface area contributed by atoms with Crippen molar-refractivity contribution < 1.29 is 4.79 Å². The molecule has 1 aromatic heterocycles. The second kappa shape index (κ2) is 6.92. The average molecular weight is 360 g/mol. The second-order valence-corrected chi connectivity index (χ2v) is 6.33. The fourth-order valence-corrected chi connectivity index (χ4v) is 3.00. The summed E-state index contributed by atoms with van der Waals surface area (Å²) in [4.78, 5) is 18.9. The Bertz CT molecular complexity index is 651. The number of carbonyl (C=O) groups excluding carboxylic acids is 1.